The highest BCUT2D eigenvalue weighted by Gasteiger charge is 2.33. The van der Waals surface area contributed by atoms with Gasteiger partial charge < -0.3 is 30.2 Å². The van der Waals surface area contributed by atoms with Crippen molar-refractivity contribution in [1.29, 1.82) is 0 Å². The normalized spacial score (nSPS) is 13.5. The lowest BCUT2D eigenvalue weighted by molar-refractivity contribution is -0.160. The van der Waals surface area contributed by atoms with E-state index in [-0.39, 0.29) is 38.2 Å². The lowest BCUT2D eigenvalue weighted by Crippen LogP contribution is -2.57. The van der Waals surface area contributed by atoms with E-state index in [1.807, 2.05) is 74.5 Å². The van der Waals surface area contributed by atoms with E-state index in [0.29, 0.717) is 0 Å². The lowest BCUT2D eigenvalue weighted by Gasteiger charge is -2.28. The van der Waals surface area contributed by atoms with Crippen molar-refractivity contribution in [2.45, 2.75) is 117 Å². The van der Waals surface area contributed by atoms with Crippen molar-refractivity contribution in [3.8, 4) is 0 Å². The van der Waals surface area contributed by atoms with Gasteiger partial charge in [0.05, 0.1) is 0 Å². The molecule has 47 heavy (non-hydrogen) atoms. The molecule has 0 saturated heterocycles. The Morgan fingerprint density at radius 2 is 1.17 bits per heavy atom. The molecule has 0 spiro atoms. The SMILES string of the molecule is CC(C)C[C@H](NC(=O)[C@H](Cc1ccccc1)NC(=O)OCc1ccccc1)C(=O)N[C@@H](CCC(=O)OC(C)(C)C)C(=O)OC(C)(C)C. The highest BCUT2D eigenvalue weighted by Crippen LogP contribution is 2.15. The van der Waals surface area contributed by atoms with E-state index in [0.717, 1.165) is 11.1 Å². The number of carbonyl (C=O) groups is 5. The predicted octanol–water partition coefficient (Wildman–Crippen LogP) is 5.00. The topological polar surface area (TPSA) is 149 Å². The van der Waals surface area contributed by atoms with Crippen LogP contribution in [0.25, 0.3) is 0 Å². The highest BCUT2D eigenvalue weighted by molar-refractivity contribution is 5.93. The molecule has 11 nitrogen and oxygen atoms in total. The molecule has 0 bridgehead atoms. The average molecular weight is 654 g/mol. The van der Waals surface area contributed by atoms with Crippen LogP contribution in [0.4, 0.5) is 4.79 Å². The number of hydrogen-bond acceptors (Lipinski definition) is 8. The van der Waals surface area contributed by atoms with Gasteiger partial charge in [-0.2, -0.15) is 0 Å². The van der Waals surface area contributed by atoms with Crippen LogP contribution >= 0.6 is 0 Å². The number of ether oxygens (including phenoxy) is 3. The van der Waals surface area contributed by atoms with Gasteiger partial charge in [0, 0.05) is 12.8 Å². The summed E-state index contributed by atoms with van der Waals surface area (Å²) in [4.78, 5) is 65.7. The van der Waals surface area contributed by atoms with Crippen molar-refractivity contribution >= 4 is 29.8 Å². The van der Waals surface area contributed by atoms with E-state index in [9.17, 15) is 24.0 Å². The third-order valence-electron chi connectivity index (χ3n) is 6.51. The summed E-state index contributed by atoms with van der Waals surface area (Å²) in [5, 5.41) is 8.10. The van der Waals surface area contributed by atoms with Gasteiger partial charge in [-0.05, 0) is 71.4 Å². The summed E-state index contributed by atoms with van der Waals surface area (Å²) in [6.45, 7) is 14.1. The molecule has 0 radical (unpaired) electrons. The Kier molecular flexibility index (Phi) is 14.9. The fourth-order valence-corrected chi connectivity index (χ4v) is 4.49. The summed E-state index contributed by atoms with van der Waals surface area (Å²) in [5.41, 5.74) is 0.00921. The van der Waals surface area contributed by atoms with Crippen molar-refractivity contribution in [3.05, 3.63) is 71.8 Å². The number of nitrogens with one attached hydrogen (secondary N) is 3. The van der Waals surface area contributed by atoms with Gasteiger partial charge in [-0.15, -0.1) is 0 Å². The molecule has 0 heterocycles. The van der Waals surface area contributed by atoms with Gasteiger partial charge in [0.25, 0.3) is 0 Å². The molecule has 0 saturated carbocycles. The maximum Gasteiger partial charge on any atom is 0.408 e. The summed E-state index contributed by atoms with van der Waals surface area (Å²) in [6.07, 6.45) is -0.622. The molecule has 3 amide bonds. The Balaban J connectivity index is 2.23. The fraction of sp³-hybridized carbons (Fsp3) is 0.528. The third kappa shape index (κ3) is 16.1. The molecule has 2 aromatic carbocycles. The Morgan fingerprint density at radius 1 is 0.660 bits per heavy atom. The molecule has 0 unspecified atom stereocenters. The monoisotopic (exact) mass is 653 g/mol. The van der Waals surface area contributed by atoms with Gasteiger partial charge in [-0.1, -0.05) is 74.5 Å². The van der Waals surface area contributed by atoms with Gasteiger partial charge in [0.15, 0.2) is 0 Å². The van der Waals surface area contributed by atoms with Crippen molar-refractivity contribution in [2.24, 2.45) is 5.92 Å². The summed E-state index contributed by atoms with van der Waals surface area (Å²) >= 11 is 0. The zero-order chi connectivity index (χ0) is 35.2. The minimum absolute atomic E-state index is 0.0140. The molecule has 3 N–H and O–H groups in total. The molecule has 3 atom stereocenters. The van der Waals surface area contributed by atoms with Crippen LogP contribution in [0.1, 0.15) is 85.8 Å². The average Bonchev–Trinajstić information content (AvgIpc) is 2.96. The second-order valence-corrected chi connectivity index (χ2v) is 13.9. The van der Waals surface area contributed by atoms with E-state index in [1.54, 1.807) is 41.5 Å². The lowest BCUT2D eigenvalue weighted by atomic mass is 10.0. The van der Waals surface area contributed by atoms with E-state index in [1.165, 1.54) is 0 Å². The largest absolute Gasteiger partial charge is 0.460 e. The van der Waals surface area contributed by atoms with E-state index >= 15 is 0 Å². The van der Waals surface area contributed by atoms with Crippen molar-refractivity contribution in [2.75, 3.05) is 0 Å². The molecular weight excluding hydrogens is 602 g/mol. The third-order valence-corrected chi connectivity index (χ3v) is 6.51. The highest BCUT2D eigenvalue weighted by atomic mass is 16.6. The van der Waals surface area contributed by atoms with Crippen LogP contribution in [0, 0.1) is 5.92 Å². The predicted molar refractivity (Wildman–Crippen MR) is 178 cm³/mol. The first-order chi connectivity index (χ1) is 21.9. The van der Waals surface area contributed by atoms with Crippen molar-refractivity contribution in [3.63, 3.8) is 0 Å². The summed E-state index contributed by atoms with van der Waals surface area (Å²) in [5.74, 6) is -2.50. The van der Waals surface area contributed by atoms with Gasteiger partial charge >= 0.3 is 18.0 Å². The molecule has 0 aromatic heterocycles. The van der Waals surface area contributed by atoms with Gasteiger partial charge in [0.2, 0.25) is 11.8 Å². The van der Waals surface area contributed by atoms with E-state index in [2.05, 4.69) is 16.0 Å². The number of hydrogen-bond donors (Lipinski definition) is 3. The molecule has 0 aliphatic rings. The number of carbonyl (C=O) groups excluding carboxylic acids is 5. The summed E-state index contributed by atoms with van der Waals surface area (Å²) < 4.78 is 16.3. The maximum atomic E-state index is 13.7. The van der Waals surface area contributed by atoms with Crippen LogP contribution in [0.3, 0.4) is 0 Å². The second kappa shape index (κ2) is 18.1. The van der Waals surface area contributed by atoms with Gasteiger partial charge in [-0.25, -0.2) is 9.59 Å². The van der Waals surface area contributed by atoms with Gasteiger partial charge in [0.1, 0.15) is 35.9 Å². The summed E-state index contributed by atoms with van der Waals surface area (Å²) in [6, 6.07) is 15.0. The quantitative estimate of drug-likeness (QED) is 0.180. The van der Waals surface area contributed by atoms with Crippen LogP contribution in [0.5, 0.6) is 0 Å². The zero-order valence-electron chi connectivity index (χ0n) is 28.9. The number of alkyl carbamates (subject to hydrolysis) is 1. The molecule has 2 aromatic rings. The molecule has 0 aliphatic heterocycles. The van der Waals surface area contributed by atoms with Crippen LogP contribution < -0.4 is 16.0 Å². The maximum absolute atomic E-state index is 13.7. The number of benzene rings is 2. The number of rotatable bonds is 15. The van der Waals surface area contributed by atoms with Crippen LogP contribution in [0.2, 0.25) is 0 Å². The second-order valence-electron chi connectivity index (χ2n) is 13.9. The first-order valence-corrected chi connectivity index (χ1v) is 16.0. The fourth-order valence-electron chi connectivity index (χ4n) is 4.49. The Labute approximate surface area is 278 Å². The first kappa shape index (κ1) is 38.8. The zero-order valence-corrected chi connectivity index (χ0v) is 28.9. The van der Waals surface area contributed by atoms with E-state index in [4.69, 9.17) is 14.2 Å². The number of amides is 3. The first-order valence-electron chi connectivity index (χ1n) is 16.0. The molecular formula is C36H51N3O8. The Hall–Kier alpha value is -4.41. The van der Waals surface area contributed by atoms with Crippen LogP contribution in [0.15, 0.2) is 60.7 Å². The molecule has 11 heteroatoms. The Morgan fingerprint density at radius 3 is 1.70 bits per heavy atom. The minimum Gasteiger partial charge on any atom is -0.460 e. The van der Waals surface area contributed by atoms with Gasteiger partial charge in [-0.3, -0.25) is 14.4 Å². The minimum atomic E-state index is -1.17. The smallest absolute Gasteiger partial charge is 0.408 e. The molecule has 0 aliphatic carbocycles. The van der Waals surface area contributed by atoms with Crippen molar-refractivity contribution in [1.82, 2.24) is 16.0 Å². The Bertz CT molecular complexity index is 1320. The van der Waals surface area contributed by atoms with E-state index < -0.39 is 59.2 Å². The van der Waals surface area contributed by atoms with Crippen LogP contribution in [-0.2, 0) is 46.4 Å². The van der Waals surface area contributed by atoms with Crippen LogP contribution in [-0.4, -0.2) is 59.2 Å². The molecule has 2 rings (SSSR count). The standard InChI is InChI=1S/C36H51N3O8/c1-24(2)21-28(31(41)37-27(33(43)47-36(6,7)8)19-20-30(40)46-35(3,4)5)38-32(42)29(22-25-15-11-9-12-16-25)39-34(44)45-23-26-17-13-10-14-18-26/h9-18,24,27-29H,19-23H2,1-8H3,(H,37,41)(H,38,42)(H,39,44)/t27-,28-,29-/m0/s1. The summed E-state index contributed by atoms with van der Waals surface area (Å²) in [7, 11) is 0. The molecule has 0 fully saturated rings. The molecule has 258 valence electrons. The van der Waals surface area contributed by atoms with Crippen molar-refractivity contribution < 1.29 is 38.2 Å². The number of esters is 2.